The summed E-state index contributed by atoms with van der Waals surface area (Å²) in [6.07, 6.45) is 7.29. The summed E-state index contributed by atoms with van der Waals surface area (Å²) in [6, 6.07) is 10.1. The Balaban J connectivity index is 1.50. The van der Waals surface area contributed by atoms with Crippen LogP contribution in [0.5, 0.6) is 10.9 Å². The van der Waals surface area contributed by atoms with E-state index in [0.29, 0.717) is 11.7 Å². The fourth-order valence-electron chi connectivity index (χ4n) is 3.78. The number of pyridine rings is 1. The fraction of sp³-hybridized carbons (Fsp3) is 0.391. The lowest BCUT2D eigenvalue weighted by molar-refractivity contribution is 0.427. The van der Waals surface area contributed by atoms with Gasteiger partial charge in [0, 0.05) is 17.8 Å². The second kappa shape index (κ2) is 10.1. The van der Waals surface area contributed by atoms with Crippen molar-refractivity contribution in [3.63, 3.8) is 0 Å². The van der Waals surface area contributed by atoms with Crippen LogP contribution >= 0.6 is 11.3 Å². The van der Waals surface area contributed by atoms with Gasteiger partial charge in [0.25, 0.3) is 15.2 Å². The van der Waals surface area contributed by atoms with Crippen molar-refractivity contribution in [2.45, 2.75) is 43.4 Å². The van der Waals surface area contributed by atoms with Crippen molar-refractivity contribution < 1.29 is 13.2 Å². The van der Waals surface area contributed by atoms with Crippen LogP contribution in [0.4, 0.5) is 0 Å². The fourth-order valence-corrected chi connectivity index (χ4v) is 6.08. The lowest BCUT2D eigenvalue weighted by Crippen LogP contribution is -2.42. The minimum Gasteiger partial charge on any atom is -0.429 e. The molecular formula is C23H28N4O3S2. The summed E-state index contributed by atoms with van der Waals surface area (Å²) in [4.78, 5) is 8.49. The van der Waals surface area contributed by atoms with E-state index in [1.54, 1.807) is 6.20 Å². The van der Waals surface area contributed by atoms with E-state index in [4.69, 9.17) is 4.74 Å². The highest BCUT2D eigenvalue weighted by molar-refractivity contribution is 7.91. The second-order valence-electron chi connectivity index (χ2n) is 8.36. The maximum atomic E-state index is 12.7. The number of thiazole rings is 1. The Morgan fingerprint density at radius 3 is 2.75 bits per heavy atom. The summed E-state index contributed by atoms with van der Waals surface area (Å²) in [5.41, 5.74) is 3.33. The molecule has 0 unspecified atom stereocenters. The first-order chi connectivity index (χ1) is 15.4. The van der Waals surface area contributed by atoms with Crippen LogP contribution in [0.3, 0.4) is 0 Å². The number of aromatic nitrogens is 2. The Bertz CT molecular complexity index is 1160. The van der Waals surface area contributed by atoms with Crippen molar-refractivity contribution in [2.75, 3.05) is 13.1 Å². The molecule has 0 amide bonds. The normalized spacial score (nSPS) is 15.2. The van der Waals surface area contributed by atoms with E-state index in [0.717, 1.165) is 54.8 Å². The van der Waals surface area contributed by atoms with E-state index < -0.39 is 10.0 Å². The van der Waals surface area contributed by atoms with Crippen molar-refractivity contribution in [3.05, 3.63) is 54.5 Å². The van der Waals surface area contributed by atoms with E-state index in [1.165, 1.54) is 11.8 Å². The van der Waals surface area contributed by atoms with Crippen LogP contribution < -0.4 is 14.8 Å². The molecule has 7 nitrogen and oxygen atoms in total. The molecule has 0 aliphatic carbocycles. The van der Waals surface area contributed by atoms with Gasteiger partial charge in [-0.15, -0.1) is 0 Å². The highest BCUT2D eigenvalue weighted by Crippen LogP contribution is 2.32. The van der Waals surface area contributed by atoms with E-state index in [-0.39, 0.29) is 15.4 Å². The SMILES string of the molecule is CC(C)Cc1ccccc1-c1cncc(Oc2ncc(S(=O)(=O)NC3CCNCC3)s2)c1. The van der Waals surface area contributed by atoms with Gasteiger partial charge >= 0.3 is 0 Å². The molecule has 3 heterocycles. The topological polar surface area (TPSA) is 93.2 Å². The Morgan fingerprint density at radius 1 is 1.19 bits per heavy atom. The minimum atomic E-state index is -3.62. The molecule has 1 aromatic carbocycles. The number of benzene rings is 1. The number of piperidine rings is 1. The molecule has 32 heavy (non-hydrogen) atoms. The van der Waals surface area contributed by atoms with Crippen LogP contribution in [0.1, 0.15) is 32.3 Å². The average Bonchev–Trinajstić information content (AvgIpc) is 3.24. The molecule has 170 valence electrons. The third kappa shape index (κ3) is 5.72. The quantitative estimate of drug-likeness (QED) is 0.510. The van der Waals surface area contributed by atoms with Gasteiger partial charge < -0.3 is 10.1 Å². The third-order valence-electron chi connectivity index (χ3n) is 5.26. The van der Waals surface area contributed by atoms with Crippen molar-refractivity contribution in [3.8, 4) is 22.1 Å². The molecule has 2 N–H and O–H groups in total. The van der Waals surface area contributed by atoms with Gasteiger partial charge in [0.15, 0.2) is 4.21 Å². The summed E-state index contributed by atoms with van der Waals surface area (Å²) in [5, 5.41) is 3.50. The standard InChI is InChI=1S/C23H28N4O3S2/c1-16(2)11-17-5-3-4-6-21(17)18-12-20(14-25-13-18)30-23-26-15-22(31-23)32(28,29)27-19-7-9-24-10-8-19/h3-6,12-16,19,24,27H,7-11H2,1-2H3. The van der Waals surface area contributed by atoms with Crippen molar-refractivity contribution >= 4 is 21.4 Å². The monoisotopic (exact) mass is 472 g/mol. The van der Waals surface area contributed by atoms with Crippen LogP contribution in [0.2, 0.25) is 0 Å². The van der Waals surface area contributed by atoms with Crippen LogP contribution in [-0.4, -0.2) is 37.5 Å². The van der Waals surface area contributed by atoms with E-state index in [9.17, 15) is 8.42 Å². The van der Waals surface area contributed by atoms with Gasteiger partial charge in [-0.3, -0.25) is 4.98 Å². The molecule has 0 atom stereocenters. The Hall–Kier alpha value is -2.33. The molecule has 0 bridgehead atoms. The summed E-state index contributed by atoms with van der Waals surface area (Å²) in [7, 11) is -3.62. The molecule has 0 saturated carbocycles. The summed E-state index contributed by atoms with van der Waals surface area (Å²) < 4.78 is 34.2. The van der Waals surface area contributed by atoms with E-state index in [2.05, 4.69) is 46.0 Å². The number of hydrogen-bond donors (Lipinski definition) is 2. The number of ether oxygens (including phenoxy) is 1. The maximum Gasteiger partial charge on any atom is 0.280 e. The average molecular weight is 473 g/mol. The second-order valence-corrected chi connectivity index (χ2v) is 11.3. The van der Waals surface area contributed by atoms with Crippen molar-refractivity contribution in [1.29, 1.82) is 0 Å². The van der Waals surface area contributed by atoms with Crippen LogP contribution in [-0.2, 0) is 16.4 Å². The highest BCUT2D eigenvalue weighted by atomic mass is 32.2. The van der Waals surface area contributed by atoms with Crippen LogP contribution in [0, 0.1) is 5.92 Å². The maximum absolute atomic E-state index is 12.7. The molecule has 2 aromatic heterocycles. The smallest absolute Gasteiger partial charge is 0.280 e. The van der Waals surface area contributed by atoms with Gasteiger partial charge in [-0.25, -0.2) is 18.1 Å². The van der Waals surface area contributed by atoms with Crippen molar-refractivity contribution in [1.82, 2.24) is 20.0 Å². The molecule has 0 radical (unpaired) electrons. The first kappa shape index (κ1) is 22.8. The minimum absolute atomic E-state index is 0.0560. The molecule has 1 aliphatic rings. The molecule has 3 aromatic rings. The largest absolute Gasteiger partial charge is 0.429 e. The number of rotatable bonds is 8. The summed E-state index contributed by atoms with van der Waals surface area (Å²) >= 11 is 1.01. The van der Waals surface area contributed by atoms with Gasteiger partial charge in [-0.05, 0) is 55.5 Å². The predicted octanol–water partition coefficient (Wildman–Crippen LogP) is 4.23. The van der Waals surface area contributed by atoms with Crippen LogP contribution in [0.25, 0.3) is 11.1 Å². The molecule has 1 aliphatic heterocycles. The zero-order chi connectivity index (χ0) is 22.6. The zero-order valence-corrected chi connectivity index (χ0v) is 19.9. The van der Waals surface area contributed by atoms with Gasteiger partial charge in [-0.2, -0.15) is 0 Å². The summed E-state index contributed by atoms with van der Waals surface area (Å²) in [6.45, 7) is 6.02. The Labute approximate surface area is 193 Å². The van der Waals surface area contributed by atoms with Gasteiger partial charge in [0.05, 0.1) is 12.4 Å². The van der Waals surface area contributed by atoms with Crippen molar-refractivity contribution in [2.24, 2.45) is 5.92 Å². The number of nitrogens with one attached hydrogen (secondary N) is 2. The first-order valence-electron chi connectivity index (χ1n) is 10.8. The zero-order valence-electron chi connectivity index (χ0n) is 18.2. The molecule has 1 fully saturated rings. The highest BCUT2D eigenvalue weighted by Gasteiger charge is 2.24. The lowest BCUT2D eigenvalue weighted by atomic mass is 9.94. The Kier molecular flexibility index (Phi) is 7.20. The lowest BCUT2D eigenvalue weighted by Gasteiger charge is -2.22. The van der Waals surface area contributed by atoms with E-state index >= 15 is 0 Å². The summed E-state index contributed by atoms with van der Waals surface area (Å²) in [5.74, 6) is 1.06. The third-order valence-corrected chi connectivity index (χ3v) is 8.12. The molecule has 1 saturated heterocycles. The molecule has 0 spiro atoms. The Morgan fingerprint density at radius 2 is 1.97 bits per heavy atom. The van der Waals surface area contributed by atoms with E-state index in [1.807, 2.05) is 24.4 Å². The number of sulfonamides is 1. The molecule has 4 rings (SSSR count). The van der Waals surface area contributed by atoms with Gasteiger partial charge in [-0.1, -0.05) is 49.4 Å². The first-order valence-corrected chi connectivity index (χ1v) is 13.1. The number of hydrogen-bond acceptors (Lipinski definition) is 7. The number of nitrogens with zero attached hydrogens (tertiary/aromatic N) is 2. The van der Waals surface area contributed by atoms with Gasteiger partial charge in [0.1, 0.15) is 5.75 Å². The molecular weight excluding hydrogens is 444 g/mol. The predicted molar refractivity (Wildman–Crippen MR) is 127 cm³/mol. The van der Waals surface area contributed by atoms with Crippen LogP contribution in [0.15, 0.2) is 53.1 Å². The molecule has 9 heteroatoms. The van der Waals surface area contributed by atoms with Gasteiger partial charge in [0.2, 0.25) is 0 Å².